The third kappa shape index (κ3) is 5.08. The minimum Gasteiger partial charge on any atom is -0.496 e. The summed E-state index contributed by atoms with van der Waals surface area (Å²) in [5.41, 5.74) is 0.982. The Morgan fingerprint density at radius 1 is 1.33 bits per heavy atom. The third-order valence-corrected chi connectivity index (χ3v) is 4.87. The SMILES string of the molecule is COc1ccccc1/C=C/CN1CCNC(=O)[C@H]1CC(=O)N1CCCCO1. The Kier molecular flexibility index (Phi) is 6.84. The van der Waals surface area contributed by atoms with E-state index in [1.165, 1.54) is 5.06 Å². The van der Waals surface area contributed by atoms with Crippen molar-refractivity contribution in [2.24, 2.45) is 0 Å². The largest absolute Gasteiger partial charge is 0.496 e. The molecular formula is C20H27N3O4. The fourth-order valence-electron chi connectivity index (χ4n) is 3.38. The van der Waals surface area contributed by atoms with Gasteiger partial charge in [0.2, 0.25) is 11.8 Å². The van der Waals surface area contributed by atoms with E-state index in [0.717, 1.165) is 24.2 Å². The van der Waals surface area contributed by atoms with Crippen LogP contribution in [0.15, 0.2) is 30.3 Å². The highest BCUT2D eigenvalue weighted by molar-refractivity contribution is 5.88. The van der Waals surface area contributed by atoms with E-state index >= 15 is 0 Å². The van der Waals surface area contributed by atoms with Crippen LogP contribution in [0.5, 0.6) is 5.75 Å². The normalized spacial score (nSPS) is 21.3. The van der Waals surface area contributed by atoms with E-state index in [1.807, 2.05) is 41.3 Å². The Bertz CT molecular complexity index is 686. The number of nitrogens with zero attached hydrogens (tertiary/aromatic N) is 2. The number of hydrogen-bond acceptors (Lipinski definition) is 5. The van der Waals surface area contributed by atoms with Crippen molar-refractivity contribution in [2.45, 2.75) is 25.3 Å². The fourth-order valence-corrected chi connectivity index (χ4v) is 3.38. The average Bonchev–Trinajstić information content (AvgIpc) is 2.71. The lowest BCUT2D eigenvalue weighted by molar-refractivity contribution is -0.198. The predicted molar refractivity (Wildman–Crippen MR) is 102 cm³/mol. The van der Waals surface area contributed by atoms with E-state index in [9.17, 15) is 9.59 Å². The Balaban J connectivity index is 1.62. The second-order valence-corrected chi connectivity index (χ2v) is 6.69. The molecule has 0 saturated carbocycles. The summed E-state index contributed by atoms with van der Waals surface area (Å²) >= 11 is 0. The summed E-state index contributed by atoms with van der Waals surface area (Å²) in [5.74, 6) is 0.576. The van der Waals surface area contributed by atoms with Gasteiger partial charge in [-0.2, -0.15) is 0 Å². The van der Waals surface area contributed by atoms with Crippen LogP contribution in [0, 0.1) is 0 Å². The molecule has 0 spiro atoms. The van der Waals surface area contributed by atoms with E-state index < -0.39 is 6.04 Å². The molecule has 2 fully saturated rings. The maximum absolute atomic E-state index is 12.5. The Morgan fingerprint density at radius 3 is 2.96 bits per heavy atom. The molecule has 27 heavy (non-hydrogen) atoms. The van der Waals surface area contributed by atoms with Gasteiger partial charge < -0.3 is 10.1 Å². The first-order valence-corrected chi connectivity index (χ1v) is 9.43. The predicted octanol–water partition coefficient (Wildman–Crippen LogP) is 1.45. The van der Waals surface area contributed by atoms with Gasteiger partial charge in [-0.15, -0.1) is 0 Å². The second kappa shape index (κ2) is 9.53. The number of hydroxylamine groups is 2. The molecule has 2 aliphatic rings. The van der Waals surface area contributed by atoms with Crippen molar-refractivity contribution in [3.05, 3.63) is 35.9 Å². The minimum atomic E-state index is -0.473. The van der Waals surface area contributed by atoms with Gasteiger partial charge in [0.25, 0.3) is 0 Å². The van der Waals surface area contributed by atoms with Gasteiger partial charge in [0.05, 0.1) is 26.2 Å². The maximum Gasteiger partial charge on any atom is 0.248 e. The molecule has 0 aliphatic carbocycles. The molecule has 3 rings (SSSR count). The number of para-hydroxylation sites is 1. The van der Waals surface area contributed by atoms with Crippen LogP contribution in [0.2, 0.25) is 0 Å². The molecule has 0 bridgehead atoms. The van der Waals surface area contributed by atoms with Crippen LogP contribution >= 0.6 is 0 Å². The van der Waals surface area contributed by atoms with Crippen molar-refractivity contribution in [3.63, 3.8) is 0 Å². The van der Waals surface area contributed by atoms with Crippen LogP contribution < -0.4 is 10.1 Å². The van der Waals surface area contributed by atoms with Crippen LogP contribution in [-0.2, 0) is 14.4 Å². The number of hydrogen-bond donors (Lipinski definition) is 1. The summed E-state index contributed by atoms with van der Waals surface area (Å²) < 4.78 is 5.35. The Hall–Kier alpha value is -2.38. The Morgan fingerprint density at radius 2 is 2.19 bits per heavy atom. The number of piperazine rings is 1. The number of ether oxygens (including phenoxy) is 1. The van der Waals surface area contributed by atoms with Gasteiger partial charge in [0, 0.05) is 31.7 Å². The van der Waals surface area contributed by atoms with Gasteiger partial charge in [-0.05, 0) is 18.9 Å². The molecule has 7 nitrogen and oxygen atoms in total. The van der Waals surface area contributed by atoms with Crippen molar-refractivity contribution in [3.8, 4) is 5.75 Å². The molecule has 2 aliphatic heterocycles. The quantitative estimate of drug-likeness (QED) is 0.817. The Labute approximate surface area is 159 Å². The molecule has 1 N–H and O–H groups in total. The van der Waals surface area contributed by atoms with Crippen molar-refractivity contribution in [1.29, 1.82) is 0 Å². The van der Waals surface area contributed by atoms with Crippen LogP contribution in [-0.4, -0.2) is 67.7 Å². The zero-order chi connectivity index (χ0) is 19.1. The van der Waals surface area contributed by atoms with E-state index in [4.69, 9.17) is 9.57 Å². The number of methoxy groups -OCH3 is 1. The third-order valence-electron chi connectivity index (χ3n) is 4.87. The van der Waals surface area contributed by atoms with Gasteiger partial charge in [0.1, 0.15) is 5.75 Å². The van der Waals surface area contributed by atoms with Crippen LogP contribution in [0.25, 0.3) is 6.08 Å². The lowest BCUT2D eigenvalue weighted by Crippen LogP contribution is -2.56. The lowest BCUT2D eigenvalue weighted by Gasteiger charge is -2.35. The molecule has 1 aromatic rings. The average molecular weight is 373 g/mol. The molecule has 7 heteroatoms. The highest BCUT2D eigenvalue weighted by atomic mass is 16.7. The van der Waals surface area contributed by atoms with Crippen LogP contribution in [0.1, 0.15) is 24.8 Å². The molecular weight excluding hydrogens is 346 g/mol. The molecule has 0 aromatic heterocycles. The summed E-state index contributed by atoms with van der Waals surface area (Å²) in [6.07, 6.45) is 6.03. The van der Waals surface area contributed by atoms with Crippen molar-refractivity contribution < 1.29 is 19.2 Å². The second-order valence-electron chi connectivity index (χ2n) is 6.69. The standard InChI is InChI=1S/C20H27N3O4/c1-26-18-9-3-2-7-16(18)8-6-11-22-13-10-21-20(25)17(22)15-19(24)23-12-4-5-14-27-23/h2-3,6-9,17H,4-5,10-15H2,1H3,(H,21,25)/b8-6+/t17-/m1/s1. The van der Waals surface area contributed by atoms with Gasteiger partial charge >= 0.3 is 0 Å². The summed E-state index contributed by atoms with van der Waals surface area (Å²) in [6, 6.07) is 7.30. The van der Waals surface area contributed by atoms with E-state index in [0.29, 0.717) is 32.8 Å². The first-order valence-electron chi connectivity index (χ1n) is 9.43. The number of nitrogens with one attached hydrogen (secondary N) is 1. The molecule has 2 amide bonds. The number of amides is 2. The molecule has 146 valence electrons. The summed E-state index contributed by atoms with van der Waals surface area (Å²) in [4.78, 5) is 32.3. The molecule has 1 atom stereocenters. The van der Waals surface area contributed by atoms with E-state index in [-0.39, 0.29) is 18.2 Å². The maximum atomic E-state index is 12.5. The van der Waals surface area contributed by atoms with Crippen LogP contribution in [0.3, 0.4) is 0 Å². The molecule has 1 aromatic carbocycles. The van der Waals surface area contributed by atoms with E-state index in [2.05, 4.69) is 5.32 Å². The lowest BCUT2D eigenvalue weighted by atomic mass is 10.1. The molecule has 2 heterocycles. The zero-order valence-corrected chi connectivity index (χ0v) is 15.7. The molecule has 0 unspecified atom stereocenters. The van der Waals surface area contributed by atoms with Crippen LogP contribution in [0.4, 0.5) is 0 Å². The fraction of sp³-hybridized carbons (Fsp3) is 0.500. The highest BCUT2D eigenvalue weighted by Gasteiger charge is 2.33. The first kappa shape index (κ1) is 19.4. The van der Waals surface area contributed by atoms with Crippen molar-refractivity contribution in [1.82, 2.24) is 15.3 Å². The highest BCUT2D eigenvalue weighted by Crippen LogP contribution is 2.19. The van der Waals surface area contributed by atoms with Crippen molar-refractivity contribution in [2.75, 3.05) is 39.9 Å². The van der Waals surface area contributed by atoms with Crippen molar-refractivity contribution >= 4 is 17.9 Å². The summed E-state index contributed by atoms with van der Waals surface area (Å²) in [5, 5.41) is 4.27. The monoisotopic (exact) mass is 373 g/mol. The van der Waals surface area contributed by atoms with Gasteiger partial charge in [-0.1, -0.05) is 30.4 Å². The topological polar surface area (TPSA) is 71.1 Å². The van der Waals surface area contributed by atoms with E-state index in [1.54, 1.807) is 7.11 Å². The van der Waals surface area contributed by atoms with Gasteiger partial charge in [0.15, 0.2) is 0 Å². The summed E-state index contributed by atoms with van der Waals surface area (Å²) in [7, 11) is 1.64. The number of carbonyl (C=O) groups excluding carboxylic acids is 2. The first-order chi connectivity index (χ1) is 13.2. The van der Waals surface area contributed by atoms with Gasteiger partial charge in [-0.3, -0.25) is 19.3 Å². The molecule has 2 saturated heterocycles. The number of benzene rings is 1. The minimum absolute atomic E-state index is 0.0997. The summed E-state index contributed by atoms with van der Waals surface area (Å²) in [6.45, 7) is 3.05. The zero-order valence-electron chi connectivity index (χ0n) is 15.7. The number of rotatable bonds is 6. The molecule has 0 radical (unpaired) electrons. The number of carbonyl (C=O) groups is 2. The van der Waals surface area contributed by atoms with Gasteiger partial charge in [-0.25, -0.2) is 5.06 Å². The smallest absolute Gasteiger partial charge is 0.248 e.